The molecule has 2 atom stereocenters. The van der Waals surface area contributed by atoms with Crippen LogP contribution >= 0.6 is 0 Å². The molecule has 138 valence electrons. The Balaban J connectivity index is 3.00. The van der Waals surface area contributed by atoms with Gasteiger partial charge in [0.1, 0.15) is 17.4 Å². The summed E-state index contributed by atoms with van der Waals surface area (Å²) in [5, 5.41) is 12.3. The largest absolute Gasteiger partial charge is 0.491 e. The van der Waals surface area contributed by atoms with Crippen LogP contribution in [0.3, 0.4) is 0 Å². The first-order chi connectivity index (χ1) is 11.8. The first kappa shape index (κ1) is 21.0. The van der Waals surface area contributed by atoms with Crippen LogP contribution in [0.25, 0.3) is 0 Å². The number of anilines is 1. The second-order valence-corrected chi connectivity index (χ2v) is 6.87. The summed E-state index contributed by atoms with van der Waals surface area (Å²) in [4.78, 5) is 12.8. The SMILES string of the molecule is CCOC(C)(CC(C)C)C(=O)Nc1ccc(OC(C)CC)cc1C#N. The Morgan fingerprint density at radius 3 is 2.52 bits per heavy atom. The molecule has 1 aromatic rings. The average molecular weight is 346 g/mol. The van der Waals surface area contributed by atoms with E-state index in [9.17, 15) is 10.1 Å². The Morgan fingerprint density at radius 1 is 1.32 bits per heavy atom. The number of amides is 1. The average Bonchev–Trinajstić information content (AvgIpc) is 2.55. The number of nitriles is 1. The van der Waals surface area contributed by atoms with Crippen molar-refractivity contribution in [1.82, 2.24) is 0 Å². The van der Waals surface area contributed by atoms with Gasteiger partial charge in [0.15, 0.2) is 0 Å². The van der Waals surface area contributed by atoms with Crippen molar-refractivity contribution in [3.63, 3.8) is 0 Å². The zero-order valence-electron chi connectivity index (χ0n) is 16.2. The van der Waals surface area contributed by atoms with E-state index in [1.165, 1.54) is 0 Å². The molecule has 1 amide bonds. The Kier molecular flexibility index (Phi) is 7.92. The summed E-state index contributed by atoms with van der Waals surface area (Å²) in [5.74, 6) is 0.692. The van der Waals surface area contributed by atoms with Crippen LogP contribution in [0.4, 0.5) is 5.69 Å². The minimum Gasteiger partial charge on any atom is -0.491 e. The molecule has 0 aromatic heterocycles. The van der Waals surface area contributed by atoms with Crippen molar-refractivity contribution < 1.29 is 14.3 Å². The van der Waals surface area contributed by atoms with E-state index < -0.39 is 5.60 Å². The maximum atomic E-state index is 12.8. The van der Waals surface area contributed by atoms with Gasteiger partial charge in [0.2, 0.25) is 0 Å². The predicted molar refractivity (Wildman–Crippen MR) is 99.7 cm³/mol. The van der Waals surface area contributed by atoms with Crippen molar-refractivity contribution in [2.24, 2.45) is 5.92 Å². The van der Waals surface area contributed by atoms with Crippen molar-refractivity contribution in [1.29, 1.82) is 5.26 Å². The molecule has 5 nitrogen and oxygen atoms in total. The number of carbonyl (C=O) groups excluding carboxylic acids is 1. The molecule has 0 fully saturated rings. The van der Waals surface area contributed by atoms with E-state index in [0.717, 1.165) is 6.42 Å². The molecule has 0 aliphatic heterocycles. The van der Waals surface area contributed by atoms with Crippen LogP contribution in [0.2, 0.25) is 0 Å². The maximum Gasteiger partial charge on any atom is 0.256 e. The van der Waals surface area contributed by atoms with E-state index in [0.29, 0.717) is 35.9 Å². The molecule has 0 saturated carbocycles. The fraction of sp³-hybridized carbons (Fsp3) is 0.600. The van der Waals surface area contributed by atoms with Gasteiger partial charge >= 0.3 is 0 Å². The Labute approximate surface area is 151 Å². The molecule has 0 heterocycles. The molecule has 1 N–H and O–H groups in total. The van der Waals surface area contributed by atoms with Gasteiger partial charge in [-0.15, -0.1) is 0 Å². The van der Waals surface area contributed by atoms with Crippen LogP contribution in [0, 0.1) is 17.2 Å². The van der Waals surface area contributed by atoms with Gasteiger partial charge in [-0.2, -0.15) is 5.26 Å². The first-order valence-electron chi connectivity index (χ1n) is 8.91. The zero-order chi connectivity index (χ0) is 19.0. The summed E-state index contributed by atoms with van der Waals surface area (Å²) < 4.78 is 11.5. The van der Waals surface area contributed by atoms with Crippen LogP contribution in [-0.2, 0) is 9.53 Å². The highest BCUT2D eigenvalue weighted by Crippen LogP contribution is 2.27. The lowest BCUT2D eigenvalue weighted by Gasteiger charge is -2.30. The highest BCUT2D eigenvalue weighted by Gasteiger charge is 2.35. The molecule has 0 radical (unpaired) electrons. The summed E-state index contributed by atoms with van der Waals surface area (Å²) in [5.41, 5.74) is -0.0853. The van der Waals surface area contributed by atoms with E-state index >= 15 is 0 Å². The number of rotatable bonds is 9. The van der Waals surface area contributed by atoms with Gasteiger partial charge in [-0.3, -0.25) is 4.79 Å². The quantitative estimate of drug-likeness (QED) is 0.714. The van der Waals surface area contributed by atoms with Gasteiger partial charge in [-0.05, 0) is 51.7 Å². The molecular formula is C20H30N2O3. The lowest BCUT2D eigenvalue weighted by molar-refractivity contribution is -0.140. The molecule has 25 heavy (non-hydrogen) atoms. The van der Waals surface area contributed by atoms with Gasteiger partial charge in [0.25, 0.3) is 5.91 Å². The molecule has 0 aliphatic carbocycles. The van der Waals surface area contributed by atoms with Crippen molar-refractivity contribution in [2.45, 2.75) is 66.1 Å². The first-order valence-corrected chi connectivity index (χ1v) is 8.91. The number of hydrogen-bond donors (Lipinski definition) is 1. The van der Waals surface area contributed by atoms with Crippen LogP contribution < -0.4 is 10.1 Å². The Hall–Kier alpha value is -2.06. The zero-order valence-corrected chi connectivity index (χ0v) is 16.2. The maximum absolute atomic E-state index is 12.8. The number of nitrogens with one attached hydrogen (secondary N) is 1. The van der Waals surface area contributed by atoms with E-state index in [4.69, 9.17) is 9.47 Å². The molecule has 0 aliphatic rings. The van der Waals surface area contributed by atoms with E-state index in [1.807, 2.05) is 34.6 Å². The smallest absolute Gasteiger partial charge is 0.256 e. The lowest BCUT2D eigenvalue weighted by atomic mass is 9.93. The Bertz CT molecular complexity index is 622. The minimum atomic E-state index is -0.929. The van der Waals surface area contributed by atoms with E-state index in [-0.39, 0.29) is 12.0 Å². The Morgan fingerprint density at radius 2 is 2.00 bits per heavy atom. The summed E-state index contributed by atoms with van der Waals surface area (Å²) >= 11 is 0. The standard InChI is InChI=1S/C20H30N2O3/c1-7-15(5)25-17-9-10-18(16(11-17)13-21)22-19(23)20(6,24-8-2)12-14(3)4/h9-11,14-15H,7-8,12H2,1-6H3,(H,22,23). The number of hydrogen-bond acceptors (Lipinski definition) is 4. The summed E-state index contributed by atoms with van der Waals surface area (Å²) in [6, 6.07) is 7.25. The van der Waals surface area contributed by atoms with Crippen LogP contribution in [-0.4, -0.2) is 24.2 Å². The van der Waals surface area contributed by atoms with Crippen LogP contribution in [0.5, 0.6) is 5.75 Å². The fourth-order valence-corrected chi connectivity index (χ4v) is 2.68. The molecule has 0 spiro atoms. The van der Waals surface area contributed by atoms with Gasteiger partial charge in [0.05, 0.1) is 17.4 Å². The third-order valence-corrected chi connectivity index (χ3v) is 4.01. The molecule has 1 aromatic carbocycles. The highest BCUT2D eigenvalue weighted by atomic mass is 16.5. The summed E-state index contributed by atoms with van der Waals surface area (Å²) in [6.45, 7) is 12.2. The molecule has 1 rings (SSSR count). The second-order valence-electron chi connectivity index (χ2n) is 6.87. The van der Waals surface area contributed by atoms with Crippen molar-refractivity contribution in [2.75, 3.05) is 11.9 Å². The molecule has 5 heteroatoms. The van der Waals surface area contributed by atoms with Gasteiger partial charge in [-0.25, -0.2) is 0 Å². The predicted octanol–water partition coefficient (Wildman–Crippen LogP) is 4.52. The number of carbonyl (C=O) groups is 1. The van der Waals surface area contributed by atoms with Crippen molar-refractivity contribution in [3.8, 4) is 11.8 Å². The van der Waals surface area contributed by atoms with Crippen LogP contribution in [0.1, 0.15) is 59.9 Å². The topological polar surface area (TPSA) is 71.3 Å². The third kappa shape index (κ3) is 6.06. The molecular weight excluding hydrogens is 316 g/mol. The van der Waals surface area contributed by atoms with E-state index in [2.05, 4.69) is 11.4 Å². The molecule has 0 saturated heterocycles. The highest BCUT2D eigenvalue weighted by molar-refractivity contribution is 5.98. The van der Waals surface area contributed by atoms with Crippen LogP contribution in [0.15, 0.2) is 18.2 Å². The number of nitrogens with zero attached hydrogens (tertiary/aromatic N) is 1. The summed E-state index contributed by atoms with van der Waals surface area (Å²) in [6.07, 6.45) is 1.55. The van der Waals surface area contributed by atoms with E-state index in [1.54, 1.807) is 25.1 Å². The van der Waals surface area contributed by atoms with Gasteiger partial charge < -0.3 is 14.8 Å². The normalized spacial score (nSPS) is 14.5. The fourth-order valence-electron chi connectivity index (χ4n) is 2.68. The number of benzene rings is 1. The van der Waals surface area contributed by atoms with Crippen molar-refractivity contribution >= 4 is 11.6 Å². The lowest BCUT2D eigenvalue weighted by Crippen LogP contribution is -2.44. The summed E-state index contributed by atoms with van der Waals surface area (Å²) in [7, 11) is 0. The monoisotopic (exact) mass is 346 g/mol. The minimum absolute atomic E-state index is 0.0688. The second kappa shape index (κ2) is 9.43. The van der Waals surface area contributed by atoms with Gasteiger partial charge in [-0.1, -0.05) is 20.8 Å². The number of ether oxygens (including phenoxy) is 2. The third-order valence-electron chi connectivity index (χ3n) is 4.01. The van der Waals surface area contributed by atoms with Crippen molar-refractivity contribution in [3.05, 3.63) is 23.8 Å². The molecule has 2 unspecified atom stereocenters. The molecule has 0 bridgehead atoms. The van der Waals surface area contributed by atoms with Gasteiger partial charge in [0, 0.05) is 12.7 Å².